The summed E-state index contributed by atoms with van der Waals surface area (Å²) in [6, 6.07) is 0. The van der Waals surface area contributed by atoms with Crippen molar-refractivity contribution in [3.63, 3.8) is 0 Å². The minimum atomic E-state index is 0. The Morgan fingerprint density at radius 3 is 1.00 bits per heavy atom. The van der Waals surface area contributed by atoms with Crippen LogP contribution in [0.5, 0.6) is 0 Å². The first-order valence-electron chi connectivity index (χ1n) is 0. The van der Waals surface area contributed by atoms with Gasteiger partial charge in [-0.25, -0.2) is 0 Å². The van der Waals surface area contributed by atoms with Gasteiger partial charge < -0.3 is 0 Å². The van der Waals surface area contributed by atoms with Gasteiger partial charge in [-0.2, -0.15) is 0 Å². The van der Waals surface area contributed by atoms with Crippen LogP contribution in [-0.4, -0.2) is 40.4 Å². The maximum Gasteiger partial charge on any atom is 0.316 e. The van der Waals surface area contributed by atoms with Crippen molar-refractivity contribution in [1.29, 1.82) is 0 Å². The smallest absolute Gasteiger partial charge is 0 e. The van der Waals surface area contributed by atoms with Crippen LogP contribution >= 0.6 is 0 Å². The van der Waals surface area contributed by atoms with Crippen LogP contribution in [0.1, 0.15) is 0 Å². The topological polar surface area (TPSA) is 0 Å². The van der Waals surface area contributed by atoms with Gasteiger partial charge in [0.2, 0.25) is 0 Å². The minimum absolute atomic E-state index is 0. The molecular formula is H5AlMgMnTi. The Morgan fingerprint density at radius 1 is 1.00 bits per heavy atom. The summed E-state index contributed by atoms with van der Waals surface area (Å²) >= 11 is 0. The maximum atomic E-state index is 0. The van der Waals surface area contributed by atoms with E-state index in [1.165, 1.54) is 0 Å². The van der Waals surface area contributed by atoms with Crippen LogP contribution in [0.4, 0.5) is 0 Å². The molecule has 0 spiro atoms. The largest absolute Gasteiger partial charge is 0.316 e. The van der Waals surface area contributed by atoms with E-state index in [4.69, 9.17) is 0 Å². The number of rotatable bonds is 0. The molecule has 0 fully saturated rings. The van der Waals surface area contributed by atoms with Crippen molar-refractivity contribution in [2.24, 2.45) is 0 Å². The molecule has 0 nitrogen and oxygen atoms in total. The summed E-state index contributed by atoms with van der Waals surface area (Å²) in [5, 5.41) is 0. The standard InChI is InChI=1S/Al.Mg.Mn.Ti.5H. The maximum absolute atomic E-state index is 0. The van der Waals surface area contributed by atoms with Crippen molar-refractivity contribution < 1.29 is 38.8 Å². The second-order valence-corrected chi connectivity index (χ2v) is 0. The fourth-order valence-corrected chi connectivity index (χ4v) is 0. The monoisotopic (exact) mass is 159 g/mol. The molecule has 4 heteroatoms. The number of hydrogen-bond donors (Lipinski definition) is 0. The van der Waals surface area contributed by atoms with E-state index in [1.807, 2.05) is 0 Å². The zero-order valence-corrected chi connectivity index (χ0v) is 3.62. The zero-order valence-electron chi connectivity index (χ0n) is 0.878. The van der Waals surface area contributed by atoms with E-state index in [0.29, 0.717) is 0 Å². The molecule has 0 aliphatic heterocycles. The van der Waals surface area contributed by atoms with Crippen molar-refractivity contribution in [2.45, 2.75) is 0 Å². The van der Waals surface area contributed by atoms with Gasteiger partial charge in [-0.15, -0.1) is 0 Å². The van der Waals surface area contributed by atoms with E-state index in [0.717, 1.165) is 0 Å². The third-order valence-electron chi connectivity index (χ3n) is 0. The van der Waals surface area contributed by atoms with Crippen molar-refractivity contribution in [2.75, 3.05) is 0 Å². The third-order valence-corrected chi connectivity index (χ3v) is 0. The van der Waals surface area contributed by atoms with Gasteiger partial charge >= 0.3 is 23.1 Å². The molecule has 0 N–H and O–H groups in total. The molecule has 0 aliphatic carbocycles. The van der Waals surface area contributed by atoms with Gasteiger partial charge in [0.05, 0.1) is 0 Å². The van der Waals surface area contributed by atoms with Crippen molar-refractivity contribution in [1.82, 2.24) is 0 Å². The first kappa shape index (κ1) is 31.2. The normalized spacial score (nSPS) is 0. The molecular weight excluding hydrogens is 154 g/mol. The summed E-state index contributed by atoms with van der Waals surface area (Å²) < 4.78 is 0. The summed E-state index contributed by atoms with van der Waals surface area (Å²) in [6.07, 6.45) is 0. The first-order chi connectivity index (χ1) is 0. The van der Waals surface area contributed by atoms with Crippen LogP contribution in [0.25, 0.3) is 0 Å². The van der Waals surface area contributed by atoms with Gasteiger partial charge in [0.25, 0.3) is 0 Å². The fourth-order valence-electron chi connectivity index (χ4n) is 0. The Bertz CT molecular complexity index is 8.00. The molecule has 0 bridgehead atoms. The molecule has 0 aliphatic rings. The Labute approximate surface area is 78.1 Å². The van der Waals surface area contributed by atoms with Crippen LogP contribution in [0.15, 0.2) is 0 Å². The van der Waals surface area contributed by atoms with Gasteiger partial charge in [0.1, 0.15) is 0 Å². The van der Waals surface area contributed by atoms with Gasteiger partial charge in [-0.05, 0) is 0 Å². The Balaban J connectivity index is 0. The first-order valence-corrected chi connectivity index (χ1v) is 0. The summed E-state index contributed by atoms with van der Waals surface area (Å²) in [4.78, 5) is 0. The van der Waals surface area contributed by atoms with Crippen LogP contribution in [0, 0.1) is 0 Å². The van der Waals surface area contributed by atoms with E-state index in [2.05, 4.69) is 0 Å². The van der Waals surface area contributed by atoms with Crippen LogP contribution < -0.4 is 0 Å². The van der Waals surface area contributed by atoms with E-state index in [1.54, 1.807) is 0 Å². The Hall–Kier alpha value is 2.53. The number of hydrogen-bond acceptors (Lipinski definition) is 0. The van der Waals surface area contributed by atoms with Gasteiger partial charge in [-0.1, -0.05) is 0 Å². The van der Waals surface area contributed by atoms with Gasteiger partial charge in [0.15, 0.2) is 17.4 Å². The molecule has 0 saturated carbocycles. The van der Waals surface area contributed by atoms with Crippen LogP contribution in [0.3, 0.4) is 0 Å². The molecule has 0 aromatic rings. The minimum Gasteiger partial charge on any atom is 0 e. The molecule has 4 heavy (non-hydrogen) atoms. The van der Waals surface area contributed by atoms with Gasteiger partial charge in [0, 0.05) is 38.8 Å². The van der Waals surface area contributed by atoms with Crippen molar-refractivity contribution in [3.05, 3.63) is 0 Å². The molecule has 0 heterocycles. The average Bonchev–Trinajstić information content (AvgIpc) is 0. The molecule has 0 amide bonds. The average molecular weight is 159 g/mol. The molecule has 0 unspecified atom stereocenters. The SMILES string of the molecule is [AlH3].[MgH2].[Mn].[Ti]. The van der Waals surface area contributed by atoms with Crippen LogP contribution in [-0.2, 0) is 38.8 Å². The second-order valence-electron chi connectivity index (χ2n) is 0. The molecule has 0 aromatic carbocycles. The molecule has 0 saturated heterocycles. The molecule has 0 aromatic heterocycles. The van der Waals surface area contributed by atoms with Crippen molar-refractivity contribution >= 4 is 40.4 Å². The quantitative estimate of drug-likeness (QED) is 0.355. The molecule has 1 radical (unpaired) electrons. The fraction of sp³-hybridized carbons (Fsp3) is 0. The van der Waals surface area contributed by atoms with Gasteiger partial charge in [-0.3, -0.25) is 0 Å². The Kier molecular flexibility index (Phi) is 138. The van der Waals surface area contributed by atoms with Crippen molar-refractivity contribution in [3.8, 4) is 0 Å². The van der Waals surface area contributed by atoms with Crippen LogP contribution in [0.2, 0.25) is 0 Å². The summed E-state index contributed by atoms with van der Waals surface area (Å²) in [7, 11) is 0. The third kappa shape index (κ3) is 8.82. The summed E-state index contributed by atoms with van der Waals surface area (Å²) in [5.41, 5.74) is 0. The van der Waals surface area contributed by atoms with E-state index < -0.39 is 0 Å². The predicted molar refractivity (Wildman–Crippen MR) is 18.5 cm³/mol. The van der Waals surface area contributed by atoms with E-state index in [-0.39, 0.29) is 79.2 Å². The molecule has 0 atom stereocenters. The van der Waals surface area contributed by atoms with E-state index in [9.17, 15) is 0 Å². The van der Waals surface area contributed by atoms with E-state index >= 15 is 0 Å². The summed E-state index contributed by atoms with van der Waals surface area (Å²) in [5.74, 6) is 0. The Morgan fingerprint density at radius 2 is 1.00 bits per heavy atom. The zero-order chi connectivity index (χ0) is 0. The molecule has 21 valence electrons. The molecule has 0 rings (SSSR count). The predicted octanol–water partition coefficient (Wildman–Crippen LogP) is -2.11. The summed E-state index contributed by atoms with van der Waals surface area (Å²) in [6.45, 7) is 0. The second kappa shape index (κ2) is 17.7.